The van der Waals surface area contributed by atoms with Gasteiger partial charge < -0.3 is 4.84 Å². The van der Waals surface area contributed by atoms with Crippen molar-refractivity contribution in [3.63, 3.8) is 0 Å². The summed E-state index contributed by atoms with van der Waals surface area (Å²) in [6.07, 6.45) is 1.33. The molecule has 0 aromatic carbocycles. The fourth-order valence-electron chi connectivity index (χ4n) is 0.0745. The molecule has 5 heavy (non-hydrogen) atoms. The number of rotatable bonds is 1. The summed E-state index contributed by atoms with van der Waals surface area (Å²) in [4.78, 5) is 4.20. The second kappa shape index (κ2) is 3.47. The van der Waals surface area contributed by atoms with E-state index in [9.17, 15) is 0 Å². The minimum atomic E-state index is 1.33. The Morgan fingerprint density at radius 2 is 2.60 bits per heavy atom. The van der Waals surface area contributed by atoms with Crippen LogP contribution in [-0.2, 0) is 4.84 Å². The van der Waals surface area contributed by atoms with Crippen LogP contribution in [0.3, 0.4) is 0 Å². The van der Waals surface area contributed by atoms with E-state index in [1.165, 1.54) is 13.3 Å². The van der Waals surface area contributed by atoms with Gasteiger partial charge in [-0.25, -0.2) is 0 Å². The van der Waals surface area contributed by atoms with Crippen molar-refractivity contribution in [2.24, 2.45) is 5.16 Å². The van der Waals surface area contributed by atoms with Crippen LogP contribution < -0.4 is 0 Å². The summed E-state index contributed by atoms with van der Waals surface area (Å²) < 4.78 is 0. The van der Waals surface area contributed by atoms with Crippen LogP contribution >= 0.6 is 0 Å². The number of hydrogen-bond acceptors (Lipinski definition) is 2. The molecule has 0 spiro atoms. The van der Waals surface area contributed by atoms with Crippen molar-refractivity contribution in [2.75, 3.05) is 7.11 Å². The lowest BCUT2D eigenvalue weighted by atomic mass is 10.9. The molecule has 29 valence electrons. The maximum atomic E-state index is 4.20. The van der Waals surface area contributed by atoms with Gasteiger partial charge in [0.2, 0.25) is 0 Å². The molecule has 0 aliphatic rings. The maximum Gasteiger partial charge on any atom is 0.106 e. The van der Waals surface area contributed by atoms with Gasteiger partial charge in [0.05, 0.1) is 0 Å². The molecule has 0 aromatic rings. The van der Waals surface area contributed by atoms with Crippen LogP contribution in [0.2, 0.25) is 0 Å². The molecule has 2 nitrogen and oxygen atoms in total. The van der Waals surface area contributed by atoms with Gasteiger partial charge in [-0.2, -0.15) is 0 Å². The molecule has 0 N–H and O–H groups in total. The van der Waals surface area contributed by atoms with Crippen molar-refractivity contribution >= 4 is 6.21 Å². The summed E-state index contributed by atoms with van der Waals surface area (Å²) in [6, 6.07) is 0. The number of nitrogens with zero attached hydrogens (tertiary/aromatic N) is 1. The fraction of sp³-hybridized carbons (Fsp3) is 0.333. The highest BCUT2D eigenvalue weighted by Crippen LogP contribution is 1.56. The van der Waals surface area contributed by atoms with E-state index in [1.807, 2.05) is 0 Å². The number of oxime groups is 1. The molecule has 0 unspecified atom stereocenters. The highest BCUT2D eigenvalue weighted by molar-refractivity contribution is 5.60. The van der Waals surface area contributed by atoms with E-state index in [1.54, 1.807) is 0 Å². The Morgan fingerprint density at radius 1 is 2.00 bits per heavy atom. The van der Waals surface area contributed by atoms with Gasteiger partial charge in [-0.15, -0.1) is 0 Å². The first kappa shape index (κ1) is 4.47. The summed E-state index contributed by atoms with van der Waals surface area (Å²) in [6.45, 7) is 3.26. The van der Waals surface area contributed by atoms with Gasteiger partial charge in [-0.3, -0.25) is 0 Å². The summed E-state index contributed by atoms with van der Waals surface area (Å²) in [5.74, 6) is 0. The maximum absolute atomic E-state index is 4.20. The van der Waals surface area contributed by atoms with Crippen LogP contribution in [0.1, 0.15) is 0 Å². The number of hydrogen-bond donors (Lipinski definition) is 0. The van der Waals surface area contributed by atoms with Gasteiger partial charge in [0.1, 0.15) is 7.11 Å². The molecule has 0 saturated heterocycles. The van der Waals surface area contributed by atoms with Gasteiger partial charge in [0.15, 0.2) is 0 Å². The molecule has 0 saturated carbocycles. The van der Waals surface area contributed by atoms with Crippen molar-refractivity contribution in [3.05, 3.63) is 6.92 Å². The Morgan fingerprint density at radius 3 is 2.60 bits per heavy atom. The third-order valence-electron chi connectivity index (χ3n) is 0.180. The van der Waals surface area contributed by atoms with Crippen LogP contribution in [0.25, 0.3) is 0 Å². The summed E-state index contributed by atoms with van der Waals surface area (Å²) in [7, 11) is 1.47. The summed E-state index contributed by atoms with van der Waals surface area (Å²) in [5, 5.41) is 3.24. The summed E-state index contributed by atoms with van der Waals surface area (Å²) >= 11 is 0. The zero-order chi connectivity index (χ0) is 4.12. The standard InChI is InChI=1S/C3H6NO/c1-3-4-5-2/h3H,1H2,2H3. The van der Waals surface area contributed by atoms with Crippen LogP contribution in [0.4, 0.5) is 0 Å². The molecule has 0 heterocycles. The first-order chi connectivity index (χ1) is 2.41. The third-order valence-corrected chi connectivity index (χ3v) is 0.180. The Bertz CT molecular complexity index is 33.9. The van der Waals surface area contributed by atoms with Crippen molar-refractivity contribution < 1.29 is 4.84 Å². The molecule has 0 amide bonds. The molecule has 2 heteroatoms. The lowest BCUT2D eigenvalue weighted by Crippen LogP contribution is -1.63. The Kier molecular flexibility index (Phi) is 3.10. The van der Waals surface area contributed by atoms with Crippen molar-refractivity contribution in [2.45, 2.75) is 0 Å². The van der Waals surface area contributed by atoms with E-state index in [2.05, 4.69) is 16.9 Å². The molecule has 0 rings (SSSR count). The molecule has 0 aromatic heterocycles. The molecule has 0 aliphatic carbocycles. The monoisotopic (exact) mass is 72.0 g/mol. The predicted octanol–water partition coefficient (Wildman–Crippen LogP) is 0.453. The fourth-order valence-corrected chi connectivity index (χ4v) is 0.0745. The molecule has 0 aliphatic heterocycles. The highest BCUT2D eigenvalue weighted by Gasteiger charge is 1.47. The van der Waals surface area contributed by atoms with Crippen molar-refractivity contribution in [1.29, 1.82) is 0 Å². The van der Waals surface area contributed by atoms with Crippen LogP contribution in [0.15, 0.2) is 5.16 Å². The van der Waals surface area contributed by atoms with E-state index in [0.717, 1.165) is 0 Å². The van der Waals surface area contributed by atoms with Gasteiger partial charge in [-0.1, -0.05) is 5.16 Å². The third kappa shape index (κ3) is 3.47. The van der Waals surface area contributed by atoms with E-state index in [4.69, 9.17) is 0 Å². The van der Waals surface area contributed by atoms with Crippen LogP contribution in [-0.4, -0.2) is 13.3 Å². The van der Waals surface area contributed by atoms with E-state index in [0.29, 0.717) is 0 Å². The average molecular weight is 72.1 g/mol. The lowest BCUT2D eigenvalue weighted by molar-refractivity contribution is 0.215. The van der Waals surface area contributed by atoms with Crippen molar-refractivity contribution in [3.8, 4) is 0 Å². The quantitative estimate of drug-likeness (QED) is 0.325. The Labute approximate surface area is 31.4 Å². The van der Waals surface area contributed by atoms with Crippen LogP contribution in [0.5, 0.6) is 0 Å². The van der Waals surface area contributed by atoms with E-state index >= 15 is 0 Å². The Balaban J connectivity index is 2.62. The van der Waals surface area contributed by atoms with Gasteiger partial charge >= 0.3 is 0 Å². The zero-order valence-corrected chi connectivity index (χ0v) is 3.14. The highest BCUT2D eigenvalue weighted by atomic mass is 16.6. The SMILES string of the molecule is [CH2]C=NOC. The van der Waals surface area contributed by atoms with Crippen LogP contribution in [0, 0.1) is 6.92 Å². The Hall–Kier alpha value is -0.530. The molecule has 0 bridgehead atoms. The smallest absolute Gasteiger partial charge is 0.106 e. The molecule has 0 atom stereocenters. The molecular formula is C3H6NO. The second-order valence-corrected chi connectivity index (χ2v) is 0.471. The second-order valence-electron chi connectivity index (χ2n) is 0.471. The topological polar surface area (TPSA) is 21.6 Å². The molecule has 0 fully saturated rings. The lowest BCUT2D eigenvalue weighted by Gasteiger charge is -1.75. The zero-order valence-electron chi connectivity index (χ0n) is 3.14. The minimum absolute atomic E-state index is 1.33. The van der Waals surface area contributed by atoms with E-state index in [-0.39, 0.29) is 0 Å². The van der Waals surface area contributed by atoms with Gasteiger partial charge in [0, 0.05) is 6.21 Å². The molecular weight excluding hydrogens is 66.0 g/mol. The first-order valence-corrected chi connectivity index (χ1v) is 1.26. The minimum Gasteiger partial charge on any atom is -0.399 e. The predicted molar refractivity (Wildman–Crippen MR) is 20.9 cm³/mol. The van der Waals surface area contributed by atoms with Gasteiger partial charge in [-0.05, 0) is 6.92 Å². The van der Waals surface area contributed by atoms with E-state index < -0.39 is 0 Å². The van der Waals surface area contributed by atoms with Crippen molar-refractivity contribution in [1.82, 2.24) is 0 Å². The normalized spacial score (nSPS) is 9.20. The average Bonchev–Trinajstić information content (AvgIpc) is 1.41. The van der Waals surface area contributed by atoms with Gasteiger partial charge in [0.25, 0.3) is 0 Å². The summed E-state index contributed by atoms with van der Waals surface area (Å²) in [5.41, 5.74) is 0. The molecule has 1 radical (unpaired) electrons. The first-order valence-electron chi connectivity index (χ1n) is 1.26. The largest absolute Gasteiger partial charge is 0.399 e.